The molecule has 0 aliphatic carbocycles. The van der Waals surface area contributed by atoms with Crippen LogP contribution in [0.3, 0.4) is 0 Å². The third-order valence-corrected chi connectivity index (χ3v) is 6.21. The summed E-state index contributed by atoms with van der Waals surface area (Å²) in [5.41, 5.74) is 0. The normalized spacial score (nSPS) is 19.6. The Morgan fingerprint density at radius 2 is 2.20 bits per heavy atom. The smallest absolute Gasteiger partial charge is 0.241 e. The van der Waals surface area contributed by atoms with E-state index in [1.54, 1.807) is 6.07 Å². The van der Waals surface area contributed by atoms with Crippen LogP contribution in [-0.4, -0.2) is 28.1 Å². The number of nitrogens with one attached hydrogen (secondary N) is 2. The van der Waals surface area contributed by atoms with E-state index in [0.717, 1.165) is 29.3 Å². The molecule has 0 radical (unpaired) electrons. The predicted molar refractivity (Wildman–Crippen MR) is 86.4 cm³/mol. The molecular weight excluding hydrogens is 316 g/mol. The summed E-state index contributed by atoms with van der Waals surface area (Å²) in [6.07, 6.45) is 3.31. The van der Waals surface area contributed by atoms with E-state index in [2.05, 4.69) is 10.0 Å². The molecule has 2 heterocycles. The summed E-state index contributed by atoms with van der Waals surface area (Å²) < 4.78 is 27.1. The first-order chi connectivity index (χ1) is 8.99. The Bertz CT molecular complexity index is 522. The molecule has 1 aromatic rings. The Labute approximate surface area is 131 Å². The molecule has 0 saturated carbocycles. The van der Waals surface area contributed by atoms with Crippen molar-refractivity contribution >= 4 is 33.8 Å². The van der Waals surface area contributed by atoms with Gasteiger partial charge in [-0.25, -0.2) is 13.1 Å². The Morgan fingerprint density at radius 1 is 1.45 bits per heavy atom. The summed E-state index contributed by atoms with van der Waals surface area (Å²) >= 11 is 1.53. The van der Waals surface area contributed by atoms with E-state index in [4.69, 9.17) is 0 Å². The average Bonchev–Trinajstić information content (AvgIpc) is 2.70. The lowest BCUT2D eigenvalue weighted by atomic mass is 9.96. The molecule has 1 aromatic heterocycles. The Hall–Kier alpha value is -0.140. The van der Waals surface area contributed by atoms with Gasteiger partial charge in [-0.15, -0.1) is 23.7 Å². The van der Waals surface area contributed by atoms with Gasteiger partial charge in [0.15, 0.2) is 0 Å². The van der Waals surface area contributed by atoms with Crippen LogP contribution in [0.4, 0.5) is 0 Å². The minimum absolute atomic E-state index is 0. The molecule has 0 spiro atoms. The average molecular weight is 339 g/mol. The lowest BCUT2D eigenvalue weighted by Gasteiger charge is -2.22. The second-order valence-corrected chi connectivity index (χ2v) is 8.37. The van der Waals surface area contributed by atoms with Gasteiger partial charge >= 0.3 is 0 Å². The maximum Gasteiger partial charge on any atom is 0.241 e. The van der Waals surface area contributed by atoms with E-state index in [0.29, 0.717) is 17.4 Å². The van der Waals surface area contributed by atoms with Crippen molar-refractivity contribution in [3.05, 3.63) is 15.8 Å². The van der Waals surface area contributed by atoms with Crippen LogP contribution in [0.5, 0.6) is 0 Å². The zero-order valence-electron chi connectivity index (χ0n) is 11.9. The third kappa shape index (κ3) is 4.70. The van der Waals surface area contributed by atoms with Crippen molar-refractivity contribution in [3.63, 3.8) is 0 Å². The molecule has 4 nitrogen and oxygen atoms in total. The molecule has 1 atom stereocenters. The fourth-order valence-electron chi connectivity index (χ4n) is 2.52. The lowest BCUT2D eigenvalue weighted by Crippen LogP contribution is -2.33. The number of hydrogen-bond donors (Lipinski definition) is 2. The standard InChI is InChI=1S/C13H22N2O2S2.ClH/c1-10-8-13(11(2)18-10)19(16,17)15-7-5-12-4-3-6-14-9-12;/h8,12,14-15H,3-7,9H2,1-2H3;1H. The van der Waals surface area contributed by atoms with E-state index in [1.165, 1.54) is 24.2 Å². The summed E-state index contributed by atoms with van der Waals surface area (Å²) in [5, 5.41) is 3.35. The summed E-state index contributed by atoms with van der Waals surface area (Å²) in [4.78, 5) is 2.34. The minimum atomic E-state index is -3.33. The van der Waals surface area contributed by atoms with Gasteiger partial charge in [0.05, 0.1) is 4.90 Å². The molecular formula is C13H23ClN2O2S2. The minimum Gasteiger partial charge on any atom is -0.316 e. The molecule has 1 saturated heterocycles. The zero-order chi connectivity index (χ0) is 13.9. The van der Waals surface area contributed by atoms with E-state index in [-0.39, 0.29) is 12.4 Å². The van der Waals surface area contributed by atoms with Crippen LogP contribution in [0.2, 0.25) is 0 Å². The largest absolute Gasteiger partial charge is 0.316 e. The Morgan fingerprint density at radius 3 is 2.75 bits per heavy atom. The zero-order valence-corrected chi connectivity index (χ0v) is 14.4. The molecule has 2 N–H and O–H groups in total. The molecule has 0 amide bonds. The van der Waals surface area contributed by atoms with Gasteiger partial charge in [-0.05, 0) is 58.2 Å². The van der Waals surface area contributed by atoms with E-state index < -0.39 is 10.0 Å². The van der Waals surface area contributed by atoms with Gasteiger partial charge in [-0.1, -0.05) is 0 Å². The van der Waals surface area contributed by atoms with Gasteiger partial charge in [-0.2, -0.15) is 0 Å². The number of piperidine rings is 1. The van der Waals surface area contributed by atoms with Gasteiger partial charge in [0.1, 0.15) is 0 Å². The third-order valence-electron chi connectivity index (χ3n) is 3.53. The molecule has 2 rings (SSSR count). The van der Waals surface area contributed by atoms with Crippen molar-refractivity contribution in [2.24, 2.45) is 5.92 Å². The van der Waals surface area contributed by atoms with Crippen LogP contribution in [0.25, 0.3) is 0 Å². The van der Waals surface area contributed by atoms with Gasteiger partial charge in [0, 0.05) is 16.3 Å². The number of rotatable bonds is 5. The Kier molecular flexibility index (Phi) is 6.94. The van der Waals surface area contributed by atoms with Crippen molar-refractivity contribution in [1.82, 2.24) is 10.0 Å². The van der Waals surface area contributed by atoms with E-state index >= 15 is 0 Å². The van der Waals surface area contributed by atoms with Crippen molar-refractivity contribution in [2.75, 3.05) is 19.6 Å². The highest BCUT2D eigenvalue weighted by Gasteiger charge is 2.19. The molecule has 0 aromatic carbocycles. The summed E-state index contributed by atoms with van der Waals surface area (Å²) in [5.74, 6) is 0.599. The molecule has 1 fully saturated rings. The number of hydrogen-bond acceptors (Lipinski definition) is 4. The van der Waals surface area contributed by atoms with Gasteiger partial charge in [0.2, 0.25) is 10.0 Å². The Balaban J connectivity index is 0.00000200. The first-order valence-electron chi connectivity index (χ1n) is 6.76. The van der Waals surface area contributed by atoms with E-state index in [9.17, 15) is 8.42 Å². The van der Waals surface area contributed by atoms with Crippen molar-refractivity contribution in [1.29, 1.82) is 0 Å². The van der Waals surface area contributed by atoms with Crippen LogP contribution < -0.4 is 10.0 Å². The summed E-state index contributed by atoms with van der Waals surface area (Å²) in [6, 6.07) is 1.75. The molecule has 116 valence electrons. The highest BCUT2D eigenvalue weighted by atomic mass is 35.5. The monoisotopic (exact) mass is 338 g/mol. The second-order valence-electron chi connectivity index (χ2n) is 5.18. The summed E-state index contributed by atoms with van der Waals surface area (Å²) in [6.45, 7) is 6.43. The first-order valence-corrected chi connectivity index (χ1v) is 9.06. The van der Waals surface area contributed by atoms with Crippen molar-refractivity contribution in [3.8, 4) is 0 Å². The fourth-order valence-corrected chi connectivity index (χ4v) is 5.12. The predicted octanol–water partition coefficient (Wildman–Crippen LogP) is 2.45. The number of thiophene rings is 1. The molecule has 20 heavy (non-hydrogen) atoms. The molecule has 7 heteroatoms. The highest BCUT2D eigenvalue weighted by molar-refractivity contribution is 7.89. The van der Waals surface area contributed by atoms with Crippen molar-refractivity contribution in [2.45, 2.75) is 38.0 Å². The van der Waals surface area contributed by atoms with E-state index in [1.807, 2.05) is 13.8 Å². The summed E-state index contributed by atoms with van der Waals surface area (Å²) in [7, 11) is -3.33. The maximum absolute atomic E-state index is 12.2. The SMILES string of the molecule is Cc1cc(S(=O)(=O)NCCC2CCCNC2)c(C)s1.Cl. The number of halogens is 1. The van der Waals surface area contributed by atoms with Gasteiger partial charge < -0.3 is 5.32 Å². The number of aryl methyl sites for hydroxylation is 2. The fraction of sp³-hybridized carbons (Fsp3) is 0.692. The molecule has 1 unspecified atom stereocenters. The molecule has 0 bridgehead atoms. The quantitative estimate of drug-likeness (QED) is 0.867. The topological polar surface area (TPSA) is 58.2 Å². The highest BCUT2D eigenvalue weighted by Crippen LogP contribution is 2.24. The van der Waals surface area contributed by atoms with Crippen LogP contribution in [-0.2, 0) is 10.0 Å². The second kappa shape index (κ2) is 7.75. The first kappa shape index (κ1) is 17.9. The van der Waals surface area contributed by atoms with Crippen LogP contribution in [0.15, 0.2) is 11.0 Å². The van der Waals surface area contributed by atoms with Gasteiger partial charge in [0.25, 0.3) is 0 Å². The van der Waals surface area contributed by atoms with Gasteiger partial charge in [-0.3, -0.25) is 0 Å². The van der Waals surface area contributed by atoms with Crippen LogP contribution >= 0.6 is 23.7 Å². The molecule has 1 aliphatic rings. The molecule has 1 aliphatic heterocycles. The maximum atomic E-state index is 12.2. The lowest BCUT2D eigenvalue weighted by molar-refractivity contribution is 0.358. The number of sulfonamides is 1. The van der Waals surface area contributed by atoms with Crippen LogP contribution in [0.1, 0.15) is 29.0 Å². The van der Waals surface area contributed by atoms with Crippen LogP contribution in [0, 0.1) is 19.8 Å². The van der Waals surface area contributed by atoms with Crippen molar-refractivity contribution < 1.29 is 8.42 Å².